The van der Waals surface area contributed by atoms with Crippen molar-refractivity contribution in [2.75, 3.05) is 18.9 Å². The zero-order valence-corrected chi connectivity index (χ0v) is 14.6. The van der Waals surface area contributed by atoms with E-state index in [1.165, 1.54) is 6.07 Å². The molecule has 0 radical (unpaired) electrons. The van der Waals surface area contributed by atoms with Crippen molar-refractivity contribution in [1.82, 2.24) is 10.0 Å². The SMILES string of the molecule is CNCC(C)C(=O)Nc1ccc(F)c(S(=O)(=O)NC2CC2)c1.Cl. The molecule has 0 aromatic heterocycles. The fourth-order valence-electron chi connectivity index (χ4n) is 1.94. The van der Waals surface area contributed by atoms with Crippen molar-refractivity contribution in [3.8, 4) is 0 Å². The Morgan fingerprint density at radius 3 is 2.61 bits per heavy atom. The molecule has 1 saturated carbocycles. The number of carbonyl (C=O) groups is 1. The van der Waals surface area contributed by atoms with Crippen LogP contribution in [0, 0.1) is 11.7 Å². The van der Waals surface area contributed by atoms with E-state index in [0.717, 1.165) is 25.0 Å². The maximum atomic E-state index is 13.8. The molecule has 0 spiro atoms. The number of hydrogen-bond donors (Lipinski definition) is 3. The number of hydrogen-bond acceptors (Lipinski definition) is 4. The Morgan fingerprint density at radius 2 is 2.04 bits per heavy atom. The summed E-state index contributed by atoms with van der Waals surface area (Å²) in [7, 11) is -2.17. The molecule has 1 fully saturated rings. The van der Waals surface area contributed by atoms with Crippen molar-refractivity contribution < 1.29 is 17.6 Å². The highest BCUT2D eigenvalue weighted by molar-refractivity contribution is 7.89. The molecule has 2 rings (SSSR count). The summed E-state index contributed by atoms with van der Waals surface area (Å²) in [6.07, 6.45) is 1.53. The summed E-state index contributed by atoms with van der Waals surface area (Å²) >= 11 is 0. The van der Waals surface area contributed by atoms with E-state index in [2.05, 4.69) is 15.4 Å². The van der Waals surface area contributed by atoms with Crippen LogP contribution in [0.25, 0.3) is 0 Å². The predicted octanol–water partition coefficient (Wildman–Crippen LogP) is 1.48. The lowest BCUT2D eigenvalue weighted by molar-refractivity contribution is -0.119. The number of sulfonamides is 1. The van der Waals surface area contributed by atoms with Crippen LogP contribution in [0.2, 0.25) is 0 Å². The highest BCUT2D eigenvalue weighted by Crippen LogP contribution is 2.25. The summed E-state index contributed by atoms with van der Waals surface area (Å²) in [4.78, 5) is 11.5. The van der Waals surface area contributed by atoms with Gasteiger partial charge in [0, 0.05) is 24.2 Å². The molecular formula is C14H21ClFN3O3S. The van der Waals surface area contributed by atoms with Crippen LogP contribution in [0.5, 0.6) is 0 Å². The van der Waals surface area contributed by atoms with Crippen LogP contribution < -0.4 is 15.4 Å². The number of anilines is 1. The number of benzene rings is 1. The molecule has 130 valence electrons. The Hall–Kier alpha value is -1.22. The largest absolute Gasteiger partial charge is 0.326 e. The number of amides is 1. The Bertz CT molecular complexity index is 665. The lowest BCUT2D eigenvalue weighted by atomic mass is 10.1. The van der Waals surface area contributed by atoms with Gasteiger partial charge < -0.3 is 10.6 Å². The average Bonchev–Trinajstić information content (AvgIpc) is 3.24. The quantitative estimate of drug-likeness (QED) is 0.683. The molecule has 9 heteroatoms. The van der Waals surface area contributed by atoms with Crippen molar-refractivity contribution in [2.45, 2.75) is 30.7 Å². The molecule has 0 saturated heterocycles. The first-order valence-electron chi connectivity index (χ1n) is 7.11. The van der Waals surface area contributed by atoms with Crippen LogP contribution in [0.1, 0.15) is 19.8 Å². The molecule has 1 aliphatic rings. The topological polar surface area (TPSA) is 87.3 Å². The Balaban J connectivity index is 0.00000264. The second kappa shape index (κ2) is 8.05. The normalized spacial score (nSPS) is 15.6. The van der Waals surface area contributed by atoms with Gasteiger partial charge in [-0.15, -0.1) is 12.4 Å². The van der Waals surface area contributed by atoms with Crippen LogP contribution in [0.15, 0.2) is 23.1 Å². The molecule has 1 aromatic rings. The lowest BCUT2D eigenvalue weighted by Gasteiger charge is -2.13. The van der Waals surface area contributed by atoms with Crippen molar-refractivity contribution in [3.05, 3.63) is 24.0 Å². The van der Waals surface area contributed by atoms with Crippen molar-refractivity contribution in [1.29, 1.82) is 0 Å². The van der Waals surface area contributed by atoms with Crippen molar-refractivity contribution >= 4 is 34.0 Å². The molecule has 0 bridgehead atoms. The third kappa shape index (κ3) is 5.42. The van der Waals surface area contributed by atoms with E-state index in [4.69, 9.17) is 0 Å². The maximum Gasteiger partial charge on any atom is 0.243 e. The van der Waals surface area contributed by atoms with Gasteiger partial charge in [-0.3, -0.25) is 4.79 Å². The van der Waals surface area contributed by atoms with E-state index < -0.39 is 20.7 Å². The highest BCUT2D eigenvalue weighted by Gasteiger charge is 2.30. The third-order valence-corrected chi connectivity index (χ3v) is 4.88. The van der Waals surface area contributed by atoms with Gasteiger partial charge in [0.25, 0.3) is 0 Å². The molecule has 1 amide bonds. The van der Waals surface area contributed by atoms with Crippen LogP contribution in [0.3, 0.4) is 0 Å². The fraction of sp³-hybridized carbons (Fsp3) is 0.500. The molecule has 6 nitrogen and oxygen atoms in total. The minimum atomic E-state index is -3.91. The van der Waals surface area contributed by atoms with Crippen LogP contribution in [-0.2, 0) is 14.8 Å². The highest BCUT2D eigenvalue weighted by atomic mass is 35.5. The van der Waals surface area contributed by atoms with Gasteiger partial charge in [-0.1, -0.05) is 6.92 Å². The molecule has 0 heterocycles. The van der Waals surface area contributed by atoms with Crippen LogP contribution in [0.4, 0.5) is 10.1 Å². The van der Waals surface area contributed by atoms with E-state index in [-0.39, 0.29) is 36.0 Å². The first-order valence-corrected chi connectivity index (χ1v) is 8.59. The summed E-state index contributed by atoms with van der Waals surface area (Å²) in [5, 5.41) is 5.48. The van der Waals surface area contributed by atoms with Gasteiger partial charge in [0.1, 0.15) is 10.7 Å². The zero-order chi connectivity index (χ0) is 16.3. The van der Waals surface area contributed by atoms with Gasteiger partial charge in [0.2, 0.25) is 15.9 Å². The van der Waals surface area contributed by atoms with E-state index in [1.807, 2.05) is 0 Å². The van der Waals surface area contributed by atoms with Gasteiger partial charge in [0.05, 0.1) is 0 Å². The average molecular weight is 366 g/mol. The van der Waals surface area contributed by atoms with Crippen LogP contribution in [-0.4, -0.2) is 34.0 Å². The Morgan fingerprint density at radius 1 is 1.39 bits per heavy atom. The molecular weight excluding hydrogens is 345 g/mol. The van der Waals surface area contributed by atoms with Crippen LogP contribution >= 0.6 is 12.4 Å². The second-order valence-electron chi connectivity index (χ2n) is 5.49. The van der Waals surface area contributed by atoms with Crippen molar-refractivity contribution in [2.24, 2.45) is 5.92 Å². The van der Waals surface area contributed by atoms with E-state index in [9.17, 15) is 17.6 Å². The summed E-state index contributed by atoms with van der Waals surface area (Å²) < 4.78 is 40.4. The molecule has 0 aliphatic heterocycles. The first-order chi connectivity index (χ1) is 10.3. The summed E-state index contributed by atoms with van der Waals surface area (Å²) in [6.45, 7) is 2.23. The number of rotatable bonds is 7. The minimum Gasteiger partial charge on any atom is -0.326 e. The van der Waals surface area contributed by atoms with E-state index in [0.29, 0.717) is 6.54 Å². The lowest BCUT2D eigenvalue weighted by Crippen LogP contribution is -2.29. The third-order valence-electron chi connectivity index (χ3n) is 3.35. The number of nitrogens with one attached hydrogen (secondary N) is 3. The van der Waals surface area contributed by atoms with Gasteiger partial charge in [0.15, 0.2) is 0 Å². The molecule has 3 N–H and O–H groups in total. The fourth-order valence-corrected chi connectivity index (χ4v) is 3.34. The molecule has 23 heavy (non-hydrogen) atoms. The summed E-state index contributed by atoms with van der Waals surface area (Å²) in [5.41, 5.74) is 0.255. The first kappa shape index (κ1) is 19.8. The van der Waals surface area contributed by atoms with Gasteiger partial charge in [-0.2, -0.15) is 0 Å². The van der Waals surface area contributed by atoms with Gasteiger partial charge >= 0.3 is 0 Å². The molecule has 1 aliphatic carbocycles. The van der Waals surface area contributed by atoms with Gasteiger partial charge in [-0.25, -0.2) is 17.5 Å². The monoisotopic (exact) mass is 365 g/mol. The summed E-state index contributed by atoms with van der Waals surface area (Å²) in [6, 6.07) is 3.41. The smallest absolute Gasteiger partial charge is 0.243 e. The molecule has 1 unspecified atom stereocenters. The molecule has 1 atom stereocenters. The van der Waals surface area contributed by atoms with E-state index >= 15 is 0 Å². The Kier molecular flexibility index (Phi) is 6.94. The van der Waals surface area contributed by atoms with Gasteiger partial charge in [-0.05, 0) is 38.1 Å². The second-order valence-corrected chi connectivity index (χ2v) is 7.17. The minimum absolute atomic E-state index is 0. The number of carbonyl (C=O) groups excluding carboxylic acids is 1. The van der Waals surface area contributed by atoms with Crippen molar-refractivity contribution in [3.63, 3.8) is 0 Å². The van der Waals surface area contributed by atoms with E-state index in [1.54, 1.807) is 14.0 Å². The maximum absolute atomic E-state index is 13.8. The summed E-state index contributed by atoms with van der Waals surface area (Å²) in [5.74, 6) is -1.39. The zero-order valence-electron chi connectivity index (χ0n) is 12.9. The Labute approximate surface area is 141 Å². The number of halogens is 2. The standard InChI is InChI=1S/C14H20FN3O3S.ClH/c1-9(8-16-2)14(19)17-11-5-6-12(15)13(7-11)22(20,21)18-10-3-4-10;/h5-7,9-10,16,18H,3-4,8H2,1-2H3,(H,17,19);1H. The predicted molar refractivity (Wildman–Crippen MR) is 88.7 cm³/mol. The molecule has 1 aromatic carbocycles.